The molecule has 1 fully saturated rings. The van der Waals surface area contributed by atoms with Crippen molar-refractivity contribution in [2.45, 2.75) is 19.3 Å². The van der Waals surface area contributed by atoms with Crippen molar-refractivity contribution in [2.24, 2.45) is 0 Å². The Balaban J connectivity index is 2.04. The smallest absolute Gasteiger partial charge is 0.196 e. The fraction of sp³-hybridized carbons (Fsp3) is 0.556. The maximum atomic E-state index is 5.17. The van der Waals surface area contributed by atoms with E-state index < -0.39 is 0 Å². The second kappa shape index (κ2) is 2.99. The van der Waals surface area contributed by atoms with Crippen molar-refractivity contribution in [1.29, 1.82) is 0 Å². The van der Waals surface area contributed by atoms with Crippen LogP contribution in [-0.2, 0) is 0 Å². The maximum Gasteiger partial charge on any atom is 0.196 e. The zero-order valence-electron chi connectivity index (χ0n) is 6.55. The predicted molar refractivity (Wildman–Crippen MR) is 43.6 cm³/mol. The molecule has 0 N–H and O–H groups in total. The second-order valence-corrected chi connectivity index (χ2v) is 2.94. The van der Waals surface area contributed by atoms with Crippen molar-refractivity contribution in [2.75, 3.05) is 18.0 Å². The molecular formula is C9H12NO. The van der Waals surface area contributed by atoms with Gasteiger partial charge in [0.15, 0.2) is 12.1 Å². The molecule has 2 rings (SSSR count). The van der Waals surface area contributed by atoms with Crippen LogP contribution in [0.1, 0.15) is 19.3 Å². The van der Waals surface area contributed by atoms with Crippen LogP contribution in [0.25, 0.3) is 0 Å². The SMILES string of the molecule is [c]1ccc(N2CCCCC2)o1. The lowest BCUT2D eigenvalue weighted by molar-refractivity contribution is 0.496. The van der Waals surface area contributed by atoms with E-state index in [0.29, 0.717) is 0 Å². The van der Waals surface area contributed by atoms with Gasteiger partial charge < -0.3 is 9.32 Å². The van der Waals surface area contributed by atoms with E-state index in [-0.39, 0.29) is 0 Å². The molecule has 1 saturated heterocycles. The molecule has 1 aliphatic heterocycles. The van der Waals surface area contributed by atoms with Gasteiger partial charge in [-0.1, -0.05) is 0 Å². The van der Waals surface area contributed by atoms with Gasteiger partial charge in [0.05, 0.1) is 0 Å². The summed E-state index contributed by atoms with van der Waals surface area (Å²) < 4.78 is 5.17. The standard InChI is InChI=1S/C9H12NO/c1-2-6-10(7-3-1)9-5-4-8-11-9/h4-5H,1-3,6-7H2. The van der Waals surface area contributed by atoms with Gasteiger partial charge in [-0.2, -0.15) is 0 Å². The normalized spacial score (nSPS) is 18.7. The Kier molecular flexibility index (Phi) is 1.84. The van der Waals surface area contributed by atoms with Gasteiger partial charge in [0.25, 0.3) is 0 Å². The van der Waals surface area contributed by atoms with Crippen molar-refractivity contribution in [3.8, 4) is 0 Å². The van der Waals surface area contributed by atoms with Crippen molar-refractivity contribution < 1.29 is 4.42 Å². The molecule has 2 heterocycles. The van der Waals surface area contributed by atoms with Gasteiger partial charge >= 0.3 is 0 Å². The summed E-state index contributed by atoms with van der Waals surface area (Å²) in [5.41, 5.74) is 0. The average molecular weight is 150 g/mol. The lowest BCUT2D eigenvalue weighted by atomic mass is 10.1. The van der Waals surface area contributed by atoms with Crippen molar-refractivity contribution in [3.05, 3.63) is 18.4 Å². The molecule has 0 amide bonds. The van der Waals surface area contributed by atoms with Gasteiger partial charge in [-0.25, -0.2) is 0 Å². The van der Waals surface area contributed by atoms with Crippen LogP contribution in [0.2, 0.25) is 0 Å². The minimum absolute atomic E-state index is 0.977. The van der Waals surface area contributed by atoms with E-state index in [1.807, 2.05) is 12.1 Å². The third kappa shape index (κ3) is 1.39. The maximum absolute atomic E-state index is 5.17. The Morgan fingerprint density at radius 3 is 2.73 bits per heavy atom. The molecule has 0 saturated carbocycles. The molecule has 0 unspecified atom stereocenters. The summed E-state index contributed by atoms with van der Waals surface area (Å²) in [5.74, 6) is 0.977. The van der Waals surface area contributed by atoms with Gasteiger partial charge in [0.1, 0.15) is 0 Å². The minimum Gasteiger partial charge on any atom is -0.437 e. The summed E-state index contributed by atoms with van der Waals surface area (Å²) in [4.78, 5) is 2.28. The third-order valence-corrected chi connectivity index (χ3v) is 2.13. The van der Waals surface area contributed by atoms with Crippen molar-refractivity contribution >= 4 is 5.88 Å². The highest BCUT2D eigenvalue weighted by atomic mass is 16.3. The van der Waals surface area contributed by atoms with Gasteiger partial charge in [-0.15, -0.1) is 0 Å². The van der Waals surface area contributed by atoms with Gasteiger partial charge in [0.2, 0.25) is 0 Å². The molecule has 0 spiro atoms. The summed E-state index contributed by atoms with van der Waals surface area (Å²) in [5, 5.41) is 0. The van der Waals surface area contributed by atoms with E-state index in [0.717, 1.165) is 19.0 Å². The number of rotatable bonds is 1. The molecule has 1 aromatic heterocycles. The zero-order valence-corrected chi connectivity index (χ0v) is 6.55. The highest BCUT2D eigenvalue weighted by Crippen LogP contribution is 2.18. The zero-order chi connectivity index (χ0) is 7.52. The molecule has 0 atom stereocenters. The van der Waals surface area contributed by atoms with Crippen LogP contribution >= 0.6 is 0 Å². The van der Waals surface area contributed by atoms with Crippen LogP contribution in [0.5, 0.6) is 0 Å². The predicted octanol–water partition coefficient (Wildman–Crippen LogP) is 2.07. The van der Waals surface area contributed by atoms with Crippen molar-refractivity contribution in [3.63, 3.8) is 0 Å². The number of piperidine rings is 1. The first-order valence-electron chi connectivity index (χ1n) is 4.17. The van der Waals surface area contributed by atoms with Crippen LogP contribution < -0.4 is 4.90 Å². The summed E-state index contributed by atoms with van der Waals surface area (Å²) >= 11 is 0. The first-order chi connectivity index (χ1) is 5.47. The monoisotopic (exact) mass is 150 g/mol. The molecule has 1 aromatic rings. The largest absolute Gasteiger partial charge is 0.437 e. The highest BCUT2D eigenvalue weighted by Gasteiger charge is 2.11. The fourth-order valence-corrected chi connectivity index (χ4v) is 1.52. The average Bonchev–Trinajstić information content (AvgIpc) is 2.58. The first-order valence-corrected chi connectivity index (χ1v) is 4.17. The molecule has 59 valence electrons. The fourth-order valence-electron chi connectivity index (χ4n) is 1.52. The van der Waals surface area contributed by atoms with E-state index in [9.17, 15) is 0 Å². The van der Waals surface area contributed by atoms with Gasteiger partial charge in [-0.05, 0) is 25.3 Å². The molecule has 0 bridgehead atoms. The second-order valence-electron chi connectivity index (χ2n) is 2.94. The topological polar surface area (TPSA) is 16.4 Å². The van der Waals surface area contributed by atoms with E-state index in [4.69, 9.17) is 4.42 Å². The Morgan fingerprint density at radius 1 is 1.27 bits per heavy atom. The molecule has 1 aliphatic rings. The van der Waals surface area contributed by atoms with Crippen LogP contribution in [0.3, 0.4) is 0 Å². The van der Waals surface area contributed by atoms with Gasteiger partial charge in [0, 0.05) is 19.2 Å². The number of anilines is 1. The van der Waals surface area contributed by atoms with Crippen LogP contribution in [0.4, 0.5) is 5.88 Å². The number of furan rings is 1. The Labute approximate surface area is 66.8 Å². The molecule has 11 heavy (non-hydrogen) atoms. The molecular weight excluding hydrogens is 138 g/mol. The van der Waals surface area contributed by atoms with Crippen LogP contribution in [-0.4, -0.2) is 13.1 Å². The molecule has 2 nitrogen and oxygen atoms in total. The highest BCUT2D eigenvalue weighted by molar-refractivity contribution is 5.34. The van der Waals surface area contributed by atoms with E-state index in [2.05, 4.69) is 11.2 Å². The Bertz CT molecular complexity index is 199. The summed E-state index contributed by atoms with van der Waals surface area (Å²) in [6.07, 6.45) is 6.66. The molecule has 1 radical (unpaired) electrons. The number of hydrogen-bond donors (Lipinski definition) is 0. The van der Waals surface area contributed by atoms with E-state index in [1.165, 1.54) is 19.3 Å². The van der Waals surface area contributed by atoms with Crippen molar-refractivity contribution in [1.82, 2.24) is 0 Å². The lowest BCUT2D eigenvalue weighted by Crippen LogP contribution is -2.28. The summed E-state index contributed by atoms with van der Waals surface area (Å²) in [6, 6.07) is 3.80. The first kappa shape index (κ1) is 6.77. The molecule has 0 aromatic carbocycles. The lowest BCUT2D eigenvalue weighted by Gasteiger charge is -2.25. The van der Waals surface area contributed by atoms with Crippen LogP contribution in [0, 0.1) is 6.26 Å². The summed E-state index contributed by atoms with van der Waals surface area (Å²) in [7, 11) is 0. The minimum atomic E-state index is 0.977. The number of hydrogen-bond acceptors (Lipinski definition) is 2. The summed E-state index contributed by atoms with van der Waals surface area (Å²) in [6.45, 7) is 2.28. The Hall–Kier alpha value is -0.920. The van der Waals surface area contributed by atoms with E-state index in [1.54, 1.807) is 0 Å². The van der Waals surface area contributed by atoms with Gasteiger partial charge in [-0.3, -0.25) is 0 Å². The van der Waals surface area contributed by atoms with E-state index >= 15 is 0 Å². The quantitative estimate of drug-likeness (QED) is 0.609. The Morgan fingerprint density at radius 2 is 2.09 bits per heavy atom. The molecule has 2 heteroatoms. The molecule has 0 aliphatic carbocycles. The third-order valence-electron chi connectivity index (χ3n) is 2.13. The van der Waals surface area contributed by atoms with Crippen LogP contribution in [0.15, 0.2) is 16.5 Å². The number of nitrogens with zero attached hydrogens (tertiary/aromatic N) is 1.